The van der Waals surface area contributed by atoms with Crippen LogP contribution in [0.15, 0.2) is 82.0 Å². The van der Waals surface area contributed by atoms with Crippen molar-refractivity contribution in [3.8, 4) is 16.9 Å². The first-order valence-corrected chi connectivity index (χ1v) is 9.37. The molecule has 1 heterocycles. The van der Waals surface area contributed by atoms with Crippen LogP contribution >= 0.6 is 0 Å². The third kappa shape index (κ3) is 2.71. The molecule has 0 atom stereocenters. The second-order valence-corrected chi connectivity index (χ2v) is 7.02. The Labute approximate surface area is 170 Å². The summed E-state index contributed by atoms with van der Waals surface area (Å²) in [6, 6.07) is 20.6. The van der Waals surface area contributed by atoms with Crippen molar-refractivity contribution in [3.05, 3.63) is 88.6 Å². The molecule has 5 rings (SSSR count). The predicted molar refractivity (Wildman–Crippen MR) is 116 cm³/mol. The summed E-state index contributed by atoms with van der Waals surface area (Å²) < 4.78 is 11.2. The van der Waals surface area contributed by atoms with E-state index in [0.29, 0.717) is 22.3 Å². The lowest BCUT2D eigenvalue weighted by Gasteiger charge is -2.15. The molecule has 0 amide bonds. The SMILES string of the molecule is COC(=O)c1ccccc1-c1c2ccc(O)cc2oc2c1ccc1cc(=O)ccc12. The van der Waals surface area contributed by atoms with Crippen LogP contribution in [0.4, 0.5) is 0 Å². The highest BCUT2D eigenvalue weighted by atomic mass is 16.5. The summed E-state index contributed by atoms with van der Waals surface area (Å²) >= 11 is 0. The molecule has 30 heavy (non-hydrogen) atoms. The van der Waals surface area contributed by atoms with Gasteiger partial charge in [-0.05, 0) is 53.4 Å². The Morgan fingerprint density at radius 1 is 0.900 bits per heavy atom. The topological polar surface area (TPSA) is 76.7 Å². The van der Waals surface area contributed by atoms with Crippen LogP contribution in [-0.2, 0) is 4.74 Å². The van der Waals surface area contributed by atoms with Crippen LogP contribution in [0, 0.1) is 0 Å². The quantitative estimate of drug-likeness (QED) is 0.250. The van der Waals surface area contributed by atoms with Gasteiger partial charge in [-0.3, -0.25) is 4.79 Å². The summed E-state index contributed by atoms with van der Waals surface area (Å²) in [7, 11) is 1.35. The zero-order valence-electron chi connectivity index (χ0n) is 16.0. The molecular formula is C25H16O5. The molecule has 0 fully saturated rings. The molecule has 0 aliphatic rings. The molecule has 146 valence electrons. The van der Waals surface area contributed by atoms with Crippen molar-refractivity contribution < 1.29 is 19.1 Å². The first-order valence-electron chi connectivity index (χ1n) is 9.37. The van der Waals surface area contributed by atoms with Crippen LogP contribution in [0.3, 0.4) is 0 Å². The van der Waals surface area contributed by atoms with E-state index in [0.717, 1.165) is 27.1 Å². The minimum absolute atomic E-state index is 0.0693. The number of hydrogen-bond donors (Lipinski definition) is 1. The minimum Gasteiger partial charge on any atom is -0.508 e. The molecular weight excluding hydrogens is 380 g/mol. The first kappa shape index (κ1) is 17.9. The van der Waals surface area contributed by atoms with E-state index in [4.69, 9.17) is 9.15 Å². The molecule has 4 aromatic carbocycles. The van der Waals surface area contributed by atoms with Crippen molar-refractivity contribution in [1.82, 2.24) is 0 Å². The van der Waals surface area contributed by atoms with Gasteiger partial charge in [-0.25, -0.2) is 4.79 Å². The largest absolute Gasteiger partial charge is 0.508 e. The number of hydrogen-bond acceptors (Lipinski definition) is 5. The predicted octanol–water partition coefficient (Wildman–Crippen LogP) is 5.26. The number of rotatable bonds is 2. The molecule has 0 saturated carbocycles. The van der Waals surface area contributed by atoms with Gasteiger partial charge in [0.05, 0.1) is 12.7 Å². The number of benzene rings is 4. The van der Waals surface area contributed by atoms with E-state index in [-0.39, 0.29) is 11.2 Å². The average Bonchev–Trinajstić information content (AvgIpc) is 2.76. The molecule has 0 aliphatic heterocycles. The van der Waals surface area contributed by atoms with Crippen LogP contribution in [0.5, 0.6) is 5.75 Å². The van der Waals surface area contributed by atoms with Crippen molar-refractivity contribution in [3.63, 3.8) is 0 Å². The van der Waals surface area contributed by atoms with Crippen LogP contribution < -0.4 is 5.43 Å². The highest BCUT2D eigenvalue weighted by Gasteiger charge is 2.20. The number of esters is 1. The number of methoxy groups -OCH3 is 1. The number of ether oxygens (including phenoxy) is 1. The lowest BCUT2D eigenvalue weighted by Crippen LogP contribution is -2.03. The lowest BCUT2D eigenvalue weighted by atomic mass is 9.92. The Balaban J connectivity index is 2.01. The fourth-order valence-electron chi connectivity index (χ4n) is 3.92. The number of phenols is 1. The lowest BCUT2D eigenvalue weighted by molar-refractivity contribution is 0.0601. The van der Waals surface area contributed by atoms with Gasteiger partial charge in [-0.2, -0.15) is 0 Å². The van der Waals surface area contributed by atoms with Crippen molar-refractivity contribution in [1.29, 1.82) is 0 Å². The fraction of sp³-hybridized carbons (Fsp3) is 0.0400. The zero-order valence-corrected chi connectivity index (χ0v) is 16.0. The van der Waals surface area contributed by atoms with Crippen LogP contribution in [0.1, 0.15) is 10.4 Å². The molecule has 5 heteroatoms. The Bertz CT molecular complexity index is 1530. The molecule has 5 nitrogen and oxygen atoms in total. The molecule has 0 aliphatic carbocycles. The summed E-state index contributed by atoms with van der Waals surface area (Å²) in [6.07, 6.45) is 0. The van der Waals surface area contributed by atoms with Crippen molar-refractivity contribution in [2.75, 3.05) is 7.11 Å². The summed E-state index contributed by atoms with van der Waals surface area (Å²) in [6.45, 7) is 0. The number of fused-ring (bicyclic) bond motifs is 4. The highest BCUT2D eigenvalue weighted by Crippen LogP contribution is 2.41. The van der Waals surface area contributed by atoms with E-state index in [1.807, 2.05) is 24.3 Å². The van der Waals surface area contributed by atoms with Crippen molar-refractivity contribution in [2.45, 2.75) is 0 Å². The van der Waals surface area contributed by atoms with Gasteiger partial charge >= 0.3 is 5.97 Å². The molecule has 1 N–H and O–H groups in total. The van der Waals surface area contributed by atoms with E-state index in [1.54, 1.807) is 42.5 Å². The minimum atomic E-state index is -0.441. The molecule has 0 bridgehead atoms. The molecule has 1 aromatic heterocycles. The zero-order chi connectivity index (χ0) is 20.8. The molecule has 0 radical (unpaired) electrons. The molecule has 5 aromatic rings. The Hall–Kier alpha value is -4.12. The summed E-state index contributed by atoms with van der Waals surface area (Å²) in [5.74, 6) is -0.372. The van der Waals surface area contributed by atoms with Crippen molar-refractivity contribution in [2.24, 2.45) is 0 Å². The molecule has 0 saturated heterocycles. The van der Waals surface area contributed by atoms with Gasteiger partial charge in [0.25, 0.3) is 0 Å². The Kier molecular flexibility index (Phi) is 4.03. The Morgan fingerprint density at radius 3 is 2.50 bits per heavy atom. The maximum Gasteiger partial charge on any atom is 0.338 e. The highest BCUT2D eigenvalue weighted by molar-refractivity contribution is 6.17. The second-order valence-electron chi connectivity index (χ2n) is 7.02. The van der Waals surface area contributed by atoms with Gasteiger partial charge in [0.15, 0.2) is 5.43 Å². The monoisotopic (exact) mass is 396 g/mol. The summed E-state index contributed by atoms with van der Waals surface area (Å²) in [5.41, 5.74) is 2.87. The van der Waals surface area contributed by atoms with E-state index in [1.165, 1.54) is 13.2 Å². The maximum absolute atomic E-state index is 12.5. The molecule has 0 spiro atoms. The summed E-state index contributed by atoms with van der Waals surface area (Å²) in [4.78, 5) is 24.3. The third-order valence-corrected chi connectivity index (χ3v) is 5.26. The van der Waals surface area contributed by atoms with E-state index in [9.17, 15) is 14.7 Å². The molecule has 0 unspecified atom stereocenters. The van der Waals surface area contributed by atoms with Gasteiger partial charge < -0.3 is 14.3 Å². The van der Waals surface area contributed by atoms with Gasteiger partial charge in [0.2, 0.25) is 0 Å². The van der Waals surface area contributed by atoms with Gasteiger partial charge in [0, 0.05) is 27.8 Å². The van der Waals surface area contributed by atoms with Crippen molar-refractivity contribution >= 4 is 38.7 Å². The van der Waals surface area contributed by atoms with E-state index in [2.05, 4.69) is 0 Å². The van der Waals surface area contributed by atoms with Crippen LogP contribution in [0.2, 0.25) is 0 Å². The van der Waals surface area contributed by atoms with Crippen LogP contribution in [-0.4, -0.2) is 18.2 Å². The fourth-order valence-corrected chi connectivity index (χ4v) is 3.92. The third-order valence-electron chi connectivity index (χ3n) is 5.26. The smallest absolute Gasteiger partial charge is 0.338 e. The van der Waals surface area contributed by atoms with Gasteiger partial charge in [0.1, 0.15) is 16.9 Å². The second kappa shape index (κ2) is 6.74. The standard InChI is InChI=1S/C25H16O5/c1-29-25(28)19-5-3-2-4-18(19)23-20-11-8-16(27)13-22(20)30-24-17-10-7-15(26)12-14(17)6-9-21(23)24/h2-13,27H,1H3. The first-order chi connectivity index (χ1) is 14.6. The number of aromatic hydroxyl groups is 1. The maximum atomic E-state index is 12.5. The Morgan fingerprint density at radius 2 is 1.67 bits per heavy atom. The normalized spacial score (nSPS) is 11.2. The van der Waals surface area contributed by atoms with Crippen LogP contribution in [0.25, 0.3) is 43.8 Å². The number of phenolic OH excluding ortho intramolecular Hbond substituents is 1. The number of carbonyl (C=O) groups excluding carboxylic acids is 1. The summed E-state index contributed by atoms with van der Waals surface area (Å²) in [5, 5.41) is 13.1. The van der Waals surface area contributed by atoms with E-state index >= 15 is 0 Å². The van der Waals surface area contributed by atoms with Gasteiger partial charge in [-0.15, -0.1) is 0 Å². The average molecular weight is 396 g/mol. The van der Waals surface area contributed by atoms with E-state index < -0.39 is 5.97 Å². The van der Waals surface area contributed by atoms with Gasteiger partial charge in [-0.1, -0.05) is 24.3 Å². The number of carbonyl (C=O) groups is 1.